The fourth-order valence-corrected chi connectivity index (χ4v) is 6.79. The molecule has 0 aliphatic heterocycles. The third kappa shape index (κ3) is 2.47. The second-order valence-electron chi connectivity index (χ2n) is 9.21. The van der Waals surface area contributed by atoms with E-state index in [1.807, 2.05) is 6.20 Å². The third-order valence-corrected chi connectivity index (χ3v) is 8.12. The molecule has 0 bridgehead atoms. The van der Waals surface area contributed by atoms with Gasteiger partial charge in [0.15, 0.2) is 0 Å². The molecule has 5 atom stereocenters. The summed E-state index contributed by atoms with van der Waals surface area (Å²) in [5, 5.41) is 0. The van der Waals surface area contributed by atoms with Gasteiger partial charge in [0.2, 0.25) is 0 Å². The van der Waals surface area contributed by atoms with Gasteiger partial charge in [-0.3, -0.25) is 4.99 Å². The molecule has 0 aromatic heterocycles. The Morgan fingerprint density at radius 3 is 2.77 bits per heavy atom. The highest BCUT2D eigenvalue weighted by Crippen LogP contribution is 2.65. The number of aliphatic imine (C=N–C) groups is 1. The summed E-state index contributed by atoms with van der Waals surface area (Å²) in [6.45, 7) is 10.9. The minimum Gasteiger partial charge on any atom is -0.272 e. The lowest BCUT2D eigenvalue weighted by Gasteiger charge is -2.56. The Labute approximate surface area is 159 Å². The maximum absolute atomic E-state index is 4.09. The zero-order valence-electron chi connectivity index (χ0n) is 16.7. The van der Waals surface area contributed by atoms with Gasteiger partial charge < -0.3 is 0 Å². The minimum absolute atomic E-state index is 0.295. The number of nitrogens with zero attached hydrogens (tertiary/aromatic N) is 1. The van der Waals surface area contributed by atoms with Crippen LogP contribution in [0.3, 0.4) is 0 Å². The van der Waals surface area contributed by atoms with E-state index in [4.69, 9.17) is 0 Å². The van der Waals surface area contributed by atoms with Gasteiger partial charge in [0, 0.05) is 6.20 Å². The molecule has 4 aliphatic carbocycles. The van der Waals surface area contributed by atoms with Gasteiger partial charge in [0.05, 0.1) is 0 Å². The van der Waals surface area contributed by atoms with E-state index in [0.717, 1.165) is 17.8 Å². The molecular weight excluding hydrogens is 314 g/mol. The van der Waals surface area contributed by atoms with Crippen molar-refractivity contribution >= 4 is 6.72 Å². The van der Waals surface area contributed by atoms with E-state index in [1.54, 1.807) is 5.57 Å². The smallest absolute Gasteiger partial charge is 0.0335 e. The predicted octanol–water partition coefficient (Wildman–Crippen LogP) is 6.81. The summed E-state index contributed by atoms with van der Waals surface area (Å²) < 4.78 is 0. The average Bonchev–Trinajstić information content (AvgIpc) is 2.98. The van der Waals surface area contributed by atoms with Crippen LogP contribution in [0.2, 0.25) is 0 Å². The van der Waals surface area contributed by atoms with Crippen LogP contribution in [0.25, 0.3) is 0 Å². The Hall–Kier alpha value is -1.63. The quantitative estimate of drug-likeness (QED) is 0.393. The first-order valence-electron chi connectivity index (χ1n) is 10.4. The first-order chi connectivity index (χ1) is 12.5. The standard InChI is InChI=1S/C25H33N/c1-5-8-18(17-26-4)21-12-13-22-20-11-10-19-9-6-7-15-24(19,2)23(20)14-16-25(21,22)3/h5-6,8-10,12,17,20,22-23H,4,7,11,13-16H2,1-3H3. The lowest BCUT2D eigenvalue weighted by Crippen LogP contribution is -2.48. The molecule has 1 fully saturated rings. The number of hydrogen-bond donors (Lipinski definition) is 0. The van der Waals surface area contributed by atoms with Gasteiger partial charge in [-0.15, -0.1) is 0 Å². The second kappa shape index (κ2) is 6.51. The van der Waals surface area contributed by atoms with Gasteiger partial charge in [-0.05, 0) is 97.5 Å². The van der Waals surface area contributed by atoms with E-state index in [-0.39, 0.29) is 0 Å². The van der Waals surface area contributed by atoms with Crippen LogP contribution in [-0.4, -0.2) is 6.72 Å². The number of fused-ring (bicyclic) bond motifs is 5. The minimum atomic E-state index is 0.295. The summed E-state index contributed by atoms with van der Waals surface area (Å²) in [7, 11) is 0. The van der Waals surface area contributed by atoms with Crippen molar-refractivity contribution in [3.05, 3.63) is 59.4 Å². The number of rotatable bonds is 3. The van der Waals surface area contributed by atoms with E-state index in [1.165, 1.54) is 49.7 Å². The Morgan fingerprint density at radius 1 is 1.15 bits per heavy atom. The highest BCUT2D eigenvalue weighted by atomic mass is 14.6. The van der Waals surface area contributed by atoms with Crippen LogP contribution >= 0.6 is 0 Å². The number of hydrogen-bond acceptors (Lipinski definition) is 1. The van der Waals surface area contributed by atoms with Gasteiger partial charge >= 0.3 is 0 Å². The number of allylic oxidation sites excluding steroid dienone is 9. The van der Waals surface area contributed by atoms with E-state index < -0.39 is 0 Å². The van der Waals surface area contributed by atoms with Crippen molar-refractivity contribution in [2.75, 3.05) is 0 Å². The molecule has 0 saturated heterocycles. The lowest BCUT2D eigenvalue weighted by atomic mass is 9.48. The Morgan fingerprint density at radius 2 is 2.00 bits per heavy atom. The molecule has 0 spiro atoms. The molecule has 0 radical (unpaired) electrons. The first kappa shape index (κ1) is 17.8. The van der Waals surface area contributed by atoms with Crippen molar-refractivity contribution in [2.24, 2.45) is 33.6 Å². The fourth-order valence-electron chi connectivity index (χ4n) is 6.79. The van der Waals surface area contributed by atoms with Gasteiger partial charge in [-0.1, -0.05) is 50.3 Å². The van der Waals surface area contributed by atoms with Crippen LogP contribution in [-0.2, 0) is 0 Å². The molecular formula is C25H33N. The van der Waals surface area contributed by atoms with Crippen LogP contribution in [0.5, 0.6) is 0 Å². The predicted molar refractivity (Wildman–Crippen MR) is 112 cm³/mol. The van der Waals surface area contributed by atoms with Crippen molar-refractivity contribution in [3.63, 3.8) is 0 Å². The molecule has 1 saturated carbocycles. The van der Waals surface area contributed by atoms with E-state index in [0.29, 0.717) is 10.8 Å². The Bertz CT molecular complexity index is 746. The third-order valence-electron chi connectivity index (χ3n) is 8.12. The zero-order valence-corrected chi connectivity index (χ0v) is 16.7. The average molecular weight is 348 g/mol. The Kier molecular flexibility index (Phi) is 4.45. The lowest BCUT2D eigenvalue weighted by molar-refractivity contribution is -0.00825. The second-order valence-corrected chi connectivity index (χ2v) is 9.21. The zero-order chi connectivity index (χ0) is 18.4. The van der Waals surface area contributed by atoms with Crippen molar-refractivity contribution in [3.8, 4) is 0 Å². The van der Waals surface area contributed by atoms with Gasteiger partial charge in [0.25, 0.3) is 0 Å². The van der Waals surface area contributed by atoms with Crippen molar-refractivity contribution in [2.45, 2.75) is 59.3 Å². The molecule has 0 aromatic carbocycles. The fraction of sp³-hybridized carbons (Fsp3) is 0.560. The molecule has 0 N–H and O–H groups in total. The first-order valence-corrected chi connectivity index (χ1v) is 10.4. The van der Waals surface area contributed by atoms with E-state index in [2.05, 4.69) is 68.9 Å². The largest absolute Gasteiger partial charge is 0.272 e. The molecule has 138 valence electrons. The summed E-state index contributed by atoms with van der Waals surface area (Å²) >= 11 is 0. The summed E-state index contributed by atoms with van der Waals surface area (Å²) in [6, 6.07) is 0. The summed E-state index contributed by atoms with van der Waals surface area (Å²) in [5.41, 5.74) is 5.13. The van der Waals surface area contributed by atoms with Crippen LogP contribution in [0, 0.1) is 28.6 Å². The summed E-state index contributed by atoms with van der Waals surface area (Å²) in [6.07, 6.45) is 24.0. The monoisotopic (exact) mass is 347 g/mol. The molecule has 1 nitrogen and oxygen atoms in total. The van der Waals surface area contributed by atoms with Crippen molar-refractivity contribution in [1.29, 1.82) is 0 Å². The molecule has 4 rings (SSSR count). The van der Waals surface area contributed by atoms with E-state index >= 15 is 0 Å². The van der Waals surface area contributed by atoms with Crippen LogP contribution < -0.4 is 0 Å². The molecule has 0 amide bonds. The van der Waals surface area contributed by atoms with Crippen LogP contribution in [0.1, 0.15) is 59.3 Å². The SMILES string of the molecule is C=NC=C(C=CC)C1=CCC2C3CC=C4C=CCCC4(C)C3CCC12C. The molecule has 0 heterocycles. The highest BCUT2D eigenvalue weighted by Gasteiger charge is 2.56. The normalized spacial score (nSPS) is 42.0. The molecule has 26 heavy (non-hydrogen) atoms. The molecule has 5 unspecified atom stereocenters. The maximum atomic E-state index is 4.09. The van der Waals surface area contributed by atoms with Gasteiger partial charge in [-0.25, -0.2) is 0 Å². The van der Waals surface area contributed by atoms with Crippen LogP contribution in [0.15, 0.2) is 64.4 Å². The summed E-state index contributed by atoms with van der Waals surface area (Å²) in [4.78, 5) is 4.09. The Balaban J connectivity index is 1.68. The highest BCUT2D eigenvalue weighted by molar-refractivity contribution is 5.48. The topological polar surface area (TPSA) is 12.4 Å². The van der Waals surface area contributed by atoms with Crippen molar-refractivity contribution < 1.29 is 0 Å². The van der Waals surface area contributed by atoms with Gasteiger partial charge in [-0.2, -0.15) is 0 Å². The molecule has 1 heteroatoms. The molecule has 4 aliphatic rings. The van der Waals surface area contributed by atoms with Crippen LogP contribution in [0.4, 0.5) is 0 Å². The summed E-state index contributed by atoms with van der Waals surface area (Å²) in [5.74, 6) is 2.45. The van der Waals surface area contributed by atoms with E-state index in [9.17, 15) is 0 Å². The van der Waals surface area contributed by atoms with Gasteiger partial charge in [0.1, 0.15) is 0 Å². The maximum Gasteiger partial charge on any atom is 0.0335 e. The van der Waals surface area contributed by atoms with Crippen molar-refractivity contribution in [1.82, 2.24) is 0 Å². The molecule has 0 aromatic rings.